The van der Waals surface area contributed by atoms with Crippen molar-refractivity contribution in [2.75, 3.05) is 11.4 Å². The molecular formula is C17H17ClN2O5S. The minimum atomic E-state index is -3.99. The second-order valence-electron chi connectivity index (χ2n) is 5.99. The number of nitrogens with zero attached hydrogens (tertiary/aromatic N) is 2. The number of anilines is 1. The van der Waals surface area contributed by atoms with E-state index in [2.05, 4.69) is 9.72 Å². The summed E-state index contributed by atoms with van der Waals surface area (Å²) in [4.78, 5) is 15.7. The molecule has 26 heavy (non-hydrogen) atoms. The van der Waals surface area contributed by atoms with E-state index in [1.54, 1.807) is 13.0 Å². The molecule has 1 N–H and O–H groups in total. The summed E-state index contributed by atoms with van der Waals surface area (Å²) in [6, 6.07) is 4.88. The van der Waals surface area contributed by atoms with Gasteiger partial charge in [0.2, 0.25) is 0 Å². The molecule has 0 aliphatic carbocycles. The average molecular weight is 397 g/mol. The summed E-state index contributed by atoms with van der Waals surface area (Å²) in [6.07, 6.45) is 2.74. The second kappa shape index (κ2) is 6.77. The number of pyridine rings is 1. The zero-order chi connectivity index (χ0) is 19.1. The molecule has 0 spiro atoms. The van der Waals surface area contributed by atoms with Crippen molar-refractivity contribution in [2.45, 2.75) is 30.7 Å². The molecule has 1 atom stereocenters. The van der Waals surface area contributed by atoms with E-state index < -0.39 is 16.0 Å². The van der Waals surface area contributed by atoms with Crippen LogP contribution in [0.2, 0.25) is 5.15 Å². The fourth-order valence-electron chi connectivity index (χ4n) is 3.01. The summed E-state index contributed by atoms with van der Waals surface area (Å²) in [5.74, 6) is -1.17. The summed E-state index contributed by atoms with van der Waals surface area (Å²) < 4.78 is 32.4. The zero-order valence-corrected chi connectivity index (χ0v) is 15.7. The molecule has 3 rings (SSSR count). The number of ether oxygens (including phenoxy) is 1. The largest absolute Gasteiger partial charge is 0.507 e. The standard InChI is InChI=1S/C17H17ClN2O5S/c1-10-3-4-11-7-16(18)19-9-14(11)20(10)26(23,24)12-5-6-15(21)13(8-12)17(22)25-2/h5-10,21H,3-4H2,1-2H3/t10-/m0/s1. The highest BCUT2D eigenvalue weighted by Gasteiger charge is 2.35. The van der Waals surface area contributed by atoms with E-state index in [-0.39, 0.29) is 22.3 Å². The fraction of sp³-hybridized carbons (Fsp3) is 0.294. The van der Waals surface area contributed by atoms with Crippen LogP contribution in [0, 0.1) is 0 Å². The van der Waals surface area contributed by atoms with E-state index in [1.165, 1.54) is 16.6 Å². The van der Waals surface area contributed by atoms with Gasteiger partial charge in [-0.3, -0.25) is 4.31 Å². The number of carbonyl (C=O) groups excluding carboxylic acids is 1. The fourth-order valence-corrected chi connectivity index (χ4v) is 4.92. The van der Waals surface area contributed by atoms with Crippen molar-refractivity contribution >= 4 is 33.3 Å². The third kappa shape index (κ3) is 3.10. The number of methoxy groups -OCH3 is 1. The topological polar surface area (TPSA) is 96.8 Å². The van der Waals surface area contributed by atoms with Crippen molar-refractivity contribution in [3.63, 3.8) is 0 Å². The number of carbonyl (C=O) groups is 1. The Hall–Kier alpha value is -2.32. The van der Waals surface area contributed by atoms with Gasteiger partial charge in [-0.1, -0.05) is 11.6 Å². The van der Waals surface area contributed by atoms with E-state index in [4.69, 9.17) is 11.6 Å². The monoisotopic (exact) mass is 396 g/mol. The lowest BCUT2D eigenvalue weighted by atomic mass is 10.0. The van der Waals surface area contributed by atoms with Crippen molar-refractivity contribution < 1.29 is 23.1 Å². The number of phenols is 1. The van der Waals surface area contributed by atoms with Gasteiger partial charge in [0.15, 0.2) is 0 Å². The normalized spacial score (nSPS) is 16.9. The number of esters is 1. The van der Waals surface area contributed by atoms with Crippen molar-refractivity contribution in [1.29, 1.82) is 0 Å². The highest BCUT2D eigenvalue weighted by Crippen LogP contribution is 2.36. The minimum absolute atomic E-state index is 0.120. The van der Waals surface area contributed by atoms with Gasteiger partial charge in [-0.15, -0.1) is 0 Å². The molecule has 0 fully saturated rings. The Labute approximate surface area is 156 Å². The first-order valence-electron chi connectivity index (χ1n) is 7.86. The lowest BCUT2D eigenvalue weighted by Crippen LogP contribution is -2.42. The lowest BCUT2D eigenvalue weighted by Gasteiger charge is -2.35. The maximum atomic E-state index is 13.3. The van der Waals surface area contributed by atoms with Crippen LogP contribution in [0.25, 0.3) is 0 Å². The Bertz CT molecular complexity index is 977. The van der Waals surface area contributed by atoms with Crippen LogP contribution in [0.15, 0.2) is 35.4 Å². The molecule has 0 unspecified atom stereocenters. The van der Waals surface area contributed by atoms with Crippen LogP contribution in [0.3, 0.4) is 0 Å². The highest BCUT2D eigenvalue weighted by atomic mass is 35.5. The van der Waals surface area contributed by atoms with Crippen LogP contribution in [-0.4, -0.2) is 37.6 Å². The second-order valence-corrected chi connectivity index (χ2v) is 8.20. The van der Waals surface area contributed by atoms with Gasteiger partial charge in [-0.2, -0.15) is 0 Å². The van der Waals surface area contributed by atoms with Gasteiger partial charge in [-0.25, -0.2) is 18.2 Å². The molecule has 1 aromatic carbocycles. The Morgan fingerprint density at radius 1 is 1.38 bits per heavy atom. The molecule has 138 valence electrons. The van der Waals surface area contributed by atoms with Crippen LogP contribution in [0.5, 0.6) is 5.75 Å². The quantitative estimate of drug-likeness (QED) is 0.633. The summed E-state index contributed by atoms with van der Waals surface area (Å²) in [6.45, 7) is 1.80. The van der Waals surface area contributed by atoms with Crippen molar-refractivity contribution in [3.8, 4) is 5.75 Å². The first-order valence-corrected chi connectivity index (χ1v) is 9.67. The van der Waals surface area contributed by atoms with E-state index >= 15 is 0 Å². The predicted octanol–water partition coefficient (Wildman–Crippen LogP) is 2.76. The maximum Gasteiger partial charge on any atom is 0.341 e. The van der Waals surface area contributed by atoms with Crippen LogP contribution >= 0.6 is 11.6 Å². The Morgan fingerprint density at radius 3 is 2.81 bits per heavy atom. The molecule has 0 saturated carbocycles. The van der Waals surface area contributed by atoms with Gasteiger partial charge in [0.25, 0.3) is 10.0 Å². The van der Waals surface area contributed by atoms with Gasteiger partial charge < -0.3 is 9.84 Å². The van der Waals surface area contributed by atoms with Gasteiger partial charge in [0.05, 0.1) is 23.9 Å². The number of fused-ring (bicyclic) bond motifs is 1. The molecule has 0 saturated heterocycles. The number of aryl methyl sites for hydroxylation is 1. The van der Waals surface area contributed by atoms with Crippen LogP contribution in [-0.2, 0) is 21.2 Å². The van der Waals surface area contributed by atoms with Crippen molar-refractivity contribution in [3.05, 3.63) is 46.7 Å². The first kappa shape index (κ1) is 18.5. The number of aromatic nitrogens is 1. The molecule has 2 aromatic rings. The van der Waals surface area contributed by atoms with Gasteiger partial charge >= 0.3 is 5.97 Å². The number of hydrogen-bond donors (Lipinski definition) is 1. The Balaban J connectivity index is 2.13. The average Bonchev–Trinajstić information content (AvgIpc) is 2.61. The number of benzene rings is 1. The van der Waals surface area contributed by atoms with Crippen molar-refractivity contribution in [2.24, 2.45) is 0 Å². The maximum absolute atomic E-state index is 13.3. The number of aromatic hydroxyl groups is 1. The van der Waals surface area contributed by atoms with E-state index in [9.17, 15) is 18.3 Å². The summed E-state index contributed by atoms with van der Waals surface area (Å²) in [5.41, 5.74) is 1.03. The third-order valence-electron chi connectivity index (χ3n) is 4.33. The summed E-state index contributed by atoms with van der Waals surface area (Å²) >= 11 is 5.92. The predicted molar refractivity (Wildman–Crippen MR) is 96.1 cm³/mol. The van der Waals surface area contributed by atoms with Gasteiger partial charge in [-0.05, 0) is 49.6 Å². The lowest BCUT2D eigenvalue weighted by molar-refractivity contribution is 0.0597. The third-order valence-corrected chi connectivity index (χ3v) is 6.46. The molecule has 1 aliphatic heterocycles. The SMILES string of the molecule is COC(=O)c1cc(S(=O)(=O)N2c3cnc(Cl)cc3CC[C@@H]2C)ccc1O. The summed E-state index contributed by atoms with van der Waals surface area (Å²) in [5, 5.41) is 10.1. The molecule has 1 aromatic heterocycles. The molecule has 0 radical (unpaired) electrons. The van der Waals surface area contributed by atoms with Crippen LogP contribution in [0.1, 0.15) is 29.3 Å². The zero-order valence-electron chi connectivity index (χ0n) is 14.1. The molecule has 0 bridgehead atoms. The Kier molecular flexibility index (Phi) is 4.81. The highest BCUT2D eigenvalue weighted by molar-refractivity contribution is 7.92. The molecule has 7 nitrogen and oxygen atoms in total. The molecule has 9 heteroatoms. The van der Waals surface area contributed by atoms with Gasteiger partial charge in [0, 0.05) is 6.04 Å². The van der Waals surface area contributed by atoms with Gasteiger partial charge in [0.1, 0.15) is 16.5 Å². The minimum Gasteiger partial charge on any atom is -0.507 e. The number of rotatable bonds is 3. The van der Waals surface area contributed by atoms with E-state index in [0.29, 0.717) is 23.7 Å². The Morgan fingerprint density at radius 2 is 2.12 bits per heavy atom. The molecule has 0 amide bonds. The molecule has 2 heterocycles. The number of sulfonamides is 1. The van der Waals surface area contributed by atoms with E-state index in [1.807, 2.05) is 0 Å². The number of hydrogen-bond acceptors (Lipinski definition) is 6. The van der Waals surface area contributed by atoms with Crippen LogP contribution in [0.4, 0.5) is 5.69 Å². The molecule has 1 aliphatic rings. The smallest absolute Gasteiger partial charge is 0.341 e. The van der Waals surface area contributed by atoms with E-state index in [0.717, 1.165) is 24.8 Å². The first-order chi connectivity index (χ1) is 12.3. The van der Waals surface area contributed by atoms with Crippen LogP contribution < -0.4 is 4.31 Å². The number of halogens is 1. The van der Waals surface area contributed by atoms with Crippen molar-refractivity contribution in [1.82, 2.24) is 4.98 Å². The number of phenolic OH excluding ortho intramolecular Hbond substituents is 1. The molecular weight excluding hydrogens is 380 g/mol. The summed E-state index contributed by atoms with van der Waals surface area (Å²) in [7, 11) is -2.83.